The van der Waals surface area contributed by atoms with Gasteiger partial charge in [-0.1, -0.05) is 0 Å². The fourth-order valence-electron chi connectivity index (χ4n) is 1.73. The van der Waals surface area contributed by atoms with Crippen LogP contribution in [0.4, 0.5) is 5.69 Å². The summed E-state index contributed by atoms with van der Waals surface area (Å²) >= 11 is 0. The maximum Gasteiger partial charge on any atom is 0.251 e. The van der Waals surface area contributed by atoms with Crippen molar-refractivity contribution in [3.05, 3.63) is 23.8 Å². The highest BCUT2D eigenvalue weighted by Crippen LogP contribution is 2.25. The van der Waals surface area contributed by atoms with E-state index < -0.39 is 0 Å². The fraction of sp³-hybridized carbons (Fsp3) is 0.429. The highest BCUT2D eigenvalue weighted by molar-refractivity contribution is 5.98. The number of rotatable bonds is 7. The van der Waals surface area contributed by atoms with Gasteiger partial charge in [-0.2, -0.15) is 0 Å². The van der Waals surface area contributed by atoms with Gasteiger partial charge < -0.3 is 20.7 Å². The number of benzene rings is 1. The van der Waals surface area contributed by atoms with E-state index in [0.717, 1.165) is 13.0 Å². The maximum absolute atomic E-state index is 11.8. The zero-order valence-electron chi connectivity index (χ0n) is 12.1. The van der Waals surface area contributed by atoms with Crippen LogP contribution in [-0.4, -0.2) is 39.6 Å². The van der Waals surface area contributed by atoms with Gasteiger partial charge in [0.2, 0.25) is 5.91 Å². The third-order valence-electron chi connectivity index (χ3n) is 2.79. The number of amides is 2. The molecule has 0 atom stereocenters. The molecule has 0 radical (unpaired) electrons. The van der Waals surface area contributed by atoms with Gasteiger partial charge in [-0.25, -0.2) is 0 Å². The summed E-state index contributed by atoms with van der Waals surface area (Å²) in [6.45, 7) is 0.781. The Hall–Kier alpha value is -2.08. The van der Waals surface area contributed by atoms with Gasteiger partial charge in [0.05, 0.1) is 12.8 Å². The van der Waals surface area contributed by atoms with Crippen LogP contribution >= 0.6 is 0 Å². The molecule has 1 rings (SSSR count). The van der Waals surface area contributed by atoms with Gasteiger partial charge in [0, 0.05) is 19.0 Å². The second-order valence-corrected chi connectivity index (χ2v) is 4.25. The summed E-state index contributed by atoms with van der Waals surface area (Å²) < 4.78 is 5.18. The first-order chi connectivity index (χ1) is 9.62. The third kappa shape index (κ3) is 4.55. The number of carbonyl (C=O) groups excluding carboxylic acids is 2. The highest BCUT2D eigenvalue weighted by Gasteiger charge is 2.11. The van der Waals surface area contributed by atoms with Crippen LogP contribution in [0.2, 0.25) is 0 Å². The molecule has 110 valence electrons. The van der Waals surface area contributed by atoms with Crippen molar-refractivity contribution < 1.29 is 14.3 Å². The topological polar surface area (TPSA) is 79.5 Å². The van der Waals surface area contributed by atoms with Crippen LogP contribution in [0.1, 0.15) is 23.2 Å². The van der Waals surface area contributed by atoms with Crippen molar-refractivity contribution in [3.8, 4) is 5.75 Å². The molecule has 0 aliphatic heterocycles. The van der Waals surface area contributed by atoms with Gasteiger partial charge in [-0.3, -0.25) is 9.59 Å². The van der Waals surface area contributed by atoms with E-state index in [1.54, 1.807) is 25.2 Å². The first-order valence-corrected chi connectivity index (χ1v) is 6.47. The molecule has 1 aromatic carbocycles. The average molecular weight is 279 g/mol. The molecule has 0 aliphatic carbocycles. The second kappa shape index (κ2) is 8.16. The summed E-state index contributed by atoms with van der Waals surface area (Å²) in [4.78, 5) is 23.4. The lowest BCUT2D eigenvalue weighted by atomic mass is 10.1. The maximum atomic E-state index is 11.8. The quantitative estimate of drug-likeness (QED) is 0.650. The predicted octanol–water partition coefficient (Wildman–Crippen LogP) is 0.993. The first-order valence-electron chi connectivity index (χ1n) is 6.47. The van der Waals surface area contributed by atoms with E-state index in [0.29, 0.717) is 23.4 Å². The van der Waals surface area contributed by atoms with Crippen LogP contribution < -0.4 is 20.7 Å². The Labute approximate surface area is 118 Å². The molecule has 0 bridgehead atoms. The number of nitrogens with one attached hydrogen (secondary N) is 3. The van der Waals surface area contributed by atoms with E-state index in [2.05, 4.69) is 16.0 Å². The monoisotopic (exact) mass is 279 g/mol. The molecule has 0 unspecified atom stereocenters. The van der Waals surface area contributed by atoms with E-state index in [1.807, 2.05) is 7.05 Å². The summed E-state index contributed by atoms with van der Waals surface area (Å²) in [5.41, 5.74) is 0.974. The lowest BCUT2D eigenvalue weighted by Gasteiger charge is -2.11. The zero-order valence-corrected chi connectivity index (χ0v) is 12.1. The normalized spacial score (nSPS) is 9.95. The molecule has 1 aromatic rings. The van der Waals surface area contributed by atoms with E-state index in [-0.39, 0.29) is 11.8 Å². The minimum absolute atomic E-state index is 0.104. The molecule has 0 spiro atoms. The van der Waals surface area contributed by atoms with Crippen LogP contribution in [0.25, 0.3) is 0 Å². The van der Waals surface area contributed by atoms with Crippen LogP contribution in [0.15, 0.2) is 18.2 Å². The van der Waals surface area contributed by atoms with Gasteiger partial charge in [0.25, 0.3) is 5.91 Å². The van der Waals surface area contributed by atoms with Crippen LogP contribution in [0.3, 0.4) is 0 Å². The van der Waals surface area contributed by atoms with E-state index in [4.69, 9.17) is 4.74 Å². The second-order valence-electron chi connectivity index (χ2n) is 4.25. The molecular weight excluding hydrogens is 258 g/mol. The Bertz CT molecular complexity index is 475. The Kier molecular flexibility index (Phi) is 6.52. The lowest BCUT2D eigenvalue weighted by Crippen LogP contribution is -2.19. The molecule has 0 saturated heterocycles. The van der Waals surface area contributed by atoms with Gasteiger partial charge in [-0.05, 0) is 38.2 Å². The summed E-state index contributed by atoms with van der Waals surface area (Å²) in [7, 11) is 4.92. The molecular formula is C14H21N3O3. The number of anilines is 1. The Morgan fingerprint density at radius 1 is 1.25 bits per heavy atom. The summed E-state index contributed by atoms with van der Waals surface area (Å²) in [5.74, 6) is 0.213. The minimum atomic E-state index is -0.210. The largest absolute Gasteiger partial charge is 0.495 e. The predicted molar refractivity (Wildman–Crippen MR) is 78.2 cm³/mol. The average Bonchev–Trinajstić information content (AvgIpc) is 2.46. The molecule has 3 N–H and O–H groups in total. The Morgan fingerprint density at radius 2 is 2.00 bits per heavy atom. The van der Waals surface area contributed by atoms with E-state index >= 15 is 0 Å². The molecule has 0 fully saturated rings. The molecule has 0 aliphatic rings. The Morgan fingerprint density at radius 3 is 2.60 bits per heavy atom. The minimum Gasteiger partial charge on any atom is -0.495 e. The van der Waals surface area contributed by atoms with Gasteiger partial charge >= 0.3 is 0 Å². The van der Waals surface area contributed by atoms with Crippen molar-refractivity contribution >= 4 is 17.5 Å². The van der Waals surface area contributed by atoms with Crippen molar-refractivity contribution in [1.82, 2.24) is 10.6 Å². The summed E-state index contributed by atoms with van der Waals surface area (Å²) in [6, 6.07) is 4.91. The molecule has 0 heterocycles. The fourth-order valence-corrected chi connectivity index (χ4v) is 1.73. The molecule has 2 amide bonds. The van der Waals surface area contributed by atoms with Crippen LogP contribution in [0, 0.1) is 0 Å². The van der Waals surface area contributed by atoms with Crippen molar-refractivity contribution in [3.63, 3.8) is 0 Å². The first kappa shape index (κ1) is 16.0. The van der Waals surface area contributed by atoms with E-state index in [9.17, 15) is 9.59 Å². The zero-order chi connectivity index (χ0) is 15.0. The number of ether oxygens (including phenoxy) is 1. The van der Waals surface area contributed by atoms with E-state index in [1.165, 1.54) is 7.11 Å². The lowest BCUT2D eigenvalue weighted by molar-refractivity contribution is -0.116. The van der Waals surface area contributed by atoms with Gasteiger partial charge in [0.1, 0.15) is 5.75 Å². The molecule has 6 heteroatoms. The molecule has 20 heavy (non-hydrogen) atoms. The molecule has 0 saturated carbocycles. The summed E-state index contributed by atoms with van der Waals surface area (Å²) in [5, 5.41) is 8.29. The summed E-state index contributed by atoms with van der Waals surface area (Å²) in [6.07, 6.45) is 1.16. The smallest absolute Gasteiger partial charge is 0.251 e. The number of methoxy groups -OCH3 is 1. The van der Waals surface area contributed by atoms with Gasteiger partial charge in [0.15, 0.2) is 0 Å². The van der Waals surface area contributed by atoms with Crippen molar-refractivity contribution in [2.24, 2.45) is 0 Å². The number of hydrogen-bond donors (Lipinski definition) is 3. The van der Waals surface area contributed by atoms with Gasteiger partial charge in [-0.15, -0.1) is 0 Å². The molecule has 0 aromatic heterocycles. The third-order valence-corrected chi connectivity index (χ3v) is 2.79. The van der Waals surface area contributed by atoms with Crippen molar-refractivity contribution in [2.75, 3.05) is 33.1 Å². The molecule has 6 nitrogen and oxygen atoms in total. The Balaban J connectivity index is 2.80. The number of carbonyl (C=O) groups is 2. The van der Waals surface area contributed by atoms with Crippen molar-refractivity contribution in [2.45, 2.75) is 12.8 Å². The highest BCUT2D eigenvalue weighted by atomic mass is 16.5. The standard InChI is InChI=1S/C14H21N3O3/c1-15-8-4-5-13(18)17-11-9-10(14(19)16-2)6-7-12(11)20-3/h6-7,9,15H,4-5,8H2,1-3H3,(H,16,19)(H,17,18). The number of hydrogen-bond acceptors (Lipinski definition) is 4. The van der Waals surface area contributed by atoms with Crippen LogP contribution in [0.5, 0.6) is 5.75 Å². The van der Waals surface area contributed by atoms with Crippen LogP contribution in [-0.2, 0) is 4.79 Å². The SMILES string of the molecule is CNCCCC(=O)Nc1cc(C(=O)NC)ccc1OC. The van der Waals surface area contributed by atoms with Crippen molar-refractivity contribution in [1.29, 1.82) is 0 Å².